The Hall–Kier alpha value is -0.610. The van der Waals surface area contributed by atoms with E-state index in [9.17, 15) is 4.79 Å². The third-order valence-electron chi connectivity index (χ3n) is 3.75. The number of nitrogens with zero attached hydrogens (tertiary/aromatic N) is 1. The van der Waals surface area contributed by atoms with E-state index in [1.54, 1.807) is 0 Å². The van der Waals surface area contributed by atoms with Crippen LogP contribution >= 0.6 is 0 Å². The summed E-state index contributed by atoms with van der Waals surface area (Å²) in [4.78, 5) is 14.2. The van der Waals surface area contributed by atoms with Crippen molar-refractivity contribution in [1.29, 1.82) is 0 Å². The number of likely N-dealkylation sites (tertiary alicyclic amines) is 1. The number of nitrogens with one attached hydrogen (secondary N) is 1. The zero-order chi connectivity index (χ0) is 13.6. The van der Waals surface area contributed by atoms with Crippen LogP contribution in [-0.2, 0) is 9.53 Å². The van der Waals surface area contributed by atoms with Crippen LogP contribution in [0.15, 0.2) is 0 Å². The molecule has 0 amide bonds. The molecule has 0 radical (unpaired) electrons. The summed E-state index contributed by atoms with van der Waals surface area (Å²) in [5, 5.41) is 3.35. The van der Waals surface area contributed by atoms with E-state index in [0.717, 1.165) is 32.5 Å². The Balaban J connectivity index is 2.46. The number of ether oxygens (including phenoxy) is 1. The first kappa shape index (κ1) is 15.4. The molecular formula is C14H28N2O2. The second kappa shape index (κ2) is 7.10. The Labute approximate surface area is 111 Å². The molecule has 1 saturated heterocycles. The van der Waals surface area contributed by atoms with Crippen LogP contribution in [0.1, 0.15) is 40.0 Å². The van der Waals surface area contributed by atoms with Crippen LogP contribution in [0.5, 0.6) is 0 Å². The molecule has 0 spiro atoms. The summed E-state index contributed by atoms with van der Waals surface area (Å²) in [7, 11) is 1.96. The predicted molar refractivity (Wildman–Crippen MR) is 73.6 cm³/mol. The quantitative estimate of drug-likeness (QED) is 0.734. The van der Waals surface area contributed by atoms with Crippen molar-refractivity contribution >= 4 is 5.97 Å². The molecule has 1 aliphatic heterocycles. The molecule has 0 unspecified atom stereocenters. The van der Waals surface area contributed by atoms with E-state index in [4.69, 9.17) is 4.74 Å². The highest BCUT2D eigenvalue weighted by atomic mass is 16.5. The minimum atomic E-state index is -0.0795. The molecule has 1 fully saturated rings. The van der Waals surface area contributed by atoms with Crippen molar-refractivity contribution in [3.8, 4) is 0 Å². The fraction of sp³-hybridized carbons (Fsp3) is 0.929. The molecule has 1 aliphatic rings. The molecule has 0 bridgehead atoms. The first-order valence-electron chi connectivity index (χ1n) is 7.08. The van der Waals surface area contributed by atoms with E-state index >= 15 is 0 Å². The van der Waals surface area contributed by atoms with Gasteiger partial charge in [0.05, 0.1) is 13.0 Å². The van der Waals surface area contributed by atoms with Gasteiger partial charge in [0.25, 0.3) is 0 Å². The third-order valence-corrected chi connectivity index (χ3v) is 3.75. The third kappa shape index (κ3) is 4.58. The van der Waals surface area contributed by atoms with Gasteiger partial charge in [-0.2, -0.15) is 0 Å². The van der Waals surface area contributed by atoms with Gasteiger partial charge in [-0.25, -0.2) is 0 Å². The highest BCUT2D eigenvalue weighted by Gasteiger charge is 2.35. The van der Waals surface area contributed by atoms with Crippen molar-refractivity contribution in [3.05, 3.63) is 0 Å². The van der Waals surface area contributed by atoms with Crippen LogP contribution in [0.3, 0.4) is 0 Å². The second-order valence-corrected chi connectivity index (χ2v) is 5.71. The van der Waals surface area contributed by atoms with E-state index in [0.29, 0.717) is 18.9 Å². The minimum Gasteiger partial charge on any atom is -0.466 e. The van der Waals surface area contributed by atoms with Gasteiger partial charge in [-0.3, -0.25) is 4.79 Å². The highest BCUT2D eigenvalue weighted by Crippen LogP contribution is 2.26. The number of hydrogen-bond donors (Lipinski definition) is 1. The summed E-state index contributed by atoms with van der Waals surface area (Å²) in [5.41, 5.74) is -0.0558. The lowest BCUT2D eigenvalue weighted by Gasteiger charge is -2.41. The standard InChI is InChI=1S/C14H28N2O2/c1-5-18-13(17)10-14(15-4)6-8-16(9-7-14)11-12(2)3/h12,15H,5-11H2,1-4H3. The number of rotatable bonds is 6. The molecule has 4 heteroatoms. The molecule has 0 aromatic rings. The van der Waals surface area contributed by atoms with Gasteiger partial charge < -0.3 is 15.0 Å². The van der Waals surface area contributed by atoms with Crippen LogP contribution in [0.25, 0.3) is 0 Å². The molecule has 0 aromatic carbocycles. The van der Waals surface area contributed by atoms with E-state index in [1.165, 1.54) is 0 Å². The van der Waals surface area contributed by atoms with E-state index in [1.807, 2.05) is 14.0 Å². The SMILES string of the molecule is CCOC(=O)CC1(NC)CCN(CC(C)C)CC1. The van der Waals surface area contributed by atoms with Crippen LogP contribution in [0.4, 0.5) is 0 Å². The highest BCUT2D eigenvalue weighted by molar-refractivity contribution is 5.71. The van der Waals surface area contributed by atoms with Gasteiger partial charge >= 0.3 is 5.97 Å². The van der Waals surface area contributed by atoms with Crippen LogP contribution in [-0.4, -0.2) is 49.7 Å². The molecule has 0 atom stereocenters. The molecule has 4 nitrogen and oxygen atoms in total. The fourth-order valence-corrected chi connectivity index (χ4v) is 2.68. The Morgan fingerprint density at radius 3 is 2.44 bits per heavy atom. The Morgan fingerprint density at radius 2 is 2.00 bits per heavy atom. The summed E-state index contributed by atoms with van der Waals surface area (Å²) in [6, 6.07) is 0. The van der Waals surface area contributed by atoms with Crippen molar-refractivity contribution < 1.29 is 9.53 Å². The van der Waals surface area contributed by atoms with Gasteiger partial charge in [-0.15, -0.1) is 0 Å². The van der Waals surface area contributed by atoms with Gasteiger partial charge in [-0.1, -0.05) is 13.8 Å². The van der Waals surface area contributed by atoms with Gasteiger partial charge in [-0.05, 0) is 45.8 Å². The van der Waals surface area contributed by atoms with Gasteiger partial charge in [0.1, 0.15) is 0 Å². The fourth-order valence-electron chi connectivity index (χ4n) is 2.68. The monoisotopic (exact) mass is 256 g/mol. The summed E-state index contributed by atoms with van der Waals surface area (Å²) < 4.78 is 5.07. The first-order chi connectivity index (χ1) is 8.51. The number of carbonyl (C=O) groups excluding carboxylic acids is 1. The molecule has 18 heavy (non-hydrogen) atoms. The smallest absolute Gasteiger partial charge is 0.307 e. The van der Waals surface area contributed by atoms with Gasteiger partial charge in [0.2, 0.25) is 0 Å². The molecule has 0 aliphatic carbocycles. The van der Waals surface area contributed by atoms with Crippen molar-refractivity contribution in [3.63, 3.8) is 0 Å². The molecular weight excluding hydrogens is 228 g/mol. The van der Waals surface area contributed by atoms with Crippen LogP contribution in [0.2, 0.25) is 0 Å². The first-order valence-corrected chi connectivity index (χ1v) is 7.08. The van der Waals surface area contributed by atoms with E-state index in [-0.39, 0.29) is 11.5 Å². The summed E-state index contributed by atoms with van der Waals surface area (Å²) in [5.74, 6) is 0.626. The number of hydrogen-bond acceptors (Lipinski definition) is 4. The van der Waals surface area contributed by atoms with Crippen molar-refractivity contribution in [2.75, 3.05) is 33.3 Å². The Kier molecular flexibility index (Phi) is 6.09. The maximum absolute atomic E-state index is 11.7. The average Bonchev–Trinajstić information content (AvgIpc) is 2.31. The molecule has 0 saturated carbocycles. The van der Waals surface area contributed by atoms with Crippen molar-refractivity contribution in [1.82, 2.24) is 10.2 Å². The van der Waals surface area contributed by atoms with E-state index in [2.05, 4.69) is 24.1 Å². The molecule has 1 heterocycles. The average molecular weight is 256 g/mol. The maximum atomic E-state index is 11.7. The van der Waals surface area contributed by atoms with Crippen LogP contribution in [0, 0.1) is 5.92 Å². The predicted octanol–water partition coefficient (Wildman–Crippen LogP) is 1.65. The lowest BCUT2D eigenvalue weighted by atomic mass is 9.84. The zero-order valence-electron chi connectivity index (χ0n) is 12.3. The van der Waals surface area contributed by atoms with Gasteiger partial charge in [0, 0.05) is 12.1 Å². The normalized spacial score (nSPS) is 20.1. The lowest BCUT2D eigenvalue weighted by Crippen LogP contribution is -2.53. The lowest BCUT2D eigenvalue weighted by molar-refractivity contribution is -0.145. The molecule has 1 N–H and O–H groups in total. The second-order valence-electron chi connectivity index (χ2n) is 5.71. The summed E-state index contributed by atoms with van der Waals surface area (Å²) >= 11 is 0. The number of esters is 1. The maximum Gasteiger partial charge on any atom is 0.307 e. The Morgan fingerprint density at radius 1 is 1.39 bits per heavy atom. The number of piperidine rings is 1. The largest absolute Gasteiger partial charge is 0.466 e. The topological polar surface area (TPSA) is 41.6 Å². The molecule has 0 aromatic heterocycles. The van der Waals surface area contributed by atoms with E-state index < -0.39 is 0 Å². The van der Waals surface area contributed by atoms with Crippen LogP contribution < -0.4 is 5.32 Å². The molecule has 106 valence electrons. The summed E-state index contributed by atoms with van der Waals surface area (Å²) in [6.07, 6.45) is 2.54. The zero-order valence-corrected chi connectivity index (χ0v) is 12.3. The summed E-state index contributed by atoms with van der Waals surface area (Å²) in [6.45, 7) is 10.1. The molecule has 1 rings (SSSR count). The van der Waals surface area contributed by atoms with Crippen molar-refractivity contribution in [2.24, 2.45) is 5.92 Å². The van der Waals surface area contributed by atoms with Gasteiger partial charge in [0.15, 0.2) is 0 Å². The Bertz CT molecular complexity index is 259. The number of carbonyl (C=O) groups is 1. The minimum absolute atomic E-state index is 0.0558. The van der Waals surface area contributed by atoms with Crippen molar-refractivity contribution in [2.45, 2.75) is 45.6 Å².